The van der Waals surface area contributed by atoms with Crippen molar-refractivity contribution in [2.75, 3.05) is 24.7 Å². The summed E-state index contributed by atoms with van der Waals surface area (Å²) in [6.07, 6.45) is 0.143. The number of aliphatic hydroxyl groups excluding tert-OH is 1. The smallest absolute Gasteiger partial charge is 0.151 e. The molecule has 2 heterocycles. The zero-order valence-corrected chi connectivity index (χ0v) is 8.66. The predicted octanol–water partition coefficient (Wildman–Crippen LogP) is -1.48. The van der Waals surface area contributed by atoms with Crippen LogP contribution in [0.2, 0.25) is 0 Å². The minimum Gasteiger partial charge on any atom is -0.389 e. The minimum absolute atomic E-state index is 0.0126. The van der Waals surface area contributed by atoms with Gasteiger partial charge in [-0.2, -0.15) is 0 Å². The zero-order valence-electron chi connectivity index (χ0n) is 7.85. The fourth-order valence-corrected chi connectivity index (χ4v) is 3.62. The highest BCUT2D eigenvalue weighted by molar-refractivity contribution is 7.91. The average Bonchev–Trinajstić information content (AvgIpc) is 2.61. The molecule has 3 atom stereocenters. The van der Waals surface area contributed by atoms with E-state index in [1.165, 1.54) is 0 Å². The molecule has 0 aromatic heterocycles. The first kappa shape index (κ1) is 10.4. The lowest BCUT2D eigenvalue weighted by atomic mass is 10.1. The van der Waals surface area contributed by atoms with Crippen LogP contribution in [0, 0.1) is 0 Å². The summed E-state index contributed by atoms with van der Waals surface area (Å²) >= 11 is 0. The van der Waals surface area contributed by atoms with Crippen LogP contribution in [-0.4, -0.2) is 56.4 Å². The molecule has 2 aliphatic rings. The third-order valence-corrected chi connectivity index (χ3v) is 4.50. The molecule has 0 radical (unpaired) electrons. The van der Waals surface area contributed by atoms with E-state index >= 15 is 0 Å². The number of aliphatic hydroxyl groups is 1. The van der Waals surface area contributed by atoms with Gasteiger partial charge in [0.1, 0.15) is 0 Å². The Bertz CT molecular complexity index is 302. The maximum absolute atomic E-state index is 11.2. The molecule has 6 heteroatoms. The van der Waals surface area contributed by atoms with Gasteiger partial charge in [0.15, 0.2) is 9.84 Å². The Morgan fingerprint density at radius 2 is 2.14 bits per heavy atom. The van der Waals surface area contributed by atoms with E-state index in [1.54, 1.807) is 0 Å². The number of sulfone groups is 1. The van der Waals surface area contributed by atoms with Crippen molar-refractivity contribution in [1.82, 2.24) is 5.32 Å². The lowest BCUT2D eigenvalue weighted by Crippen LogP contribution is -2.45. The van der Waals surface area contributed by atoms with Crippen LogP contribution in [0.25, 0.3) is 0 Å². The van der Waals surface area contributed by atoms with E-state index in [1.807, 2.05) is 0 Å². The van der Waals surface area contributed by atoms with E-state index in [-0.39, 0.29) is 23.6 Å². The second-order valence-electron chi connectivity index (χ2n) is 3.98. The fourth-order valence-electron chi connectivity index (χ4n) is 1.93. The van der Waals surface area contributed by atoms with Gasteiger partial charge in [-0.25, -0.2) is 8.42 Å². The monoisotopic (exact) mass is 221 g/mol. The third-order valence-electron chi connectivity index (χ3n) is 2.73. The first-order valence-corrected chi connectivity index (χ1v) is 6.61. The van der Waals surface area contributed by atoms with Crippen LogP contribution < -0.4 is 5.32 Å². The van der Waals surface area contributed by atoms with Crippen molar-refractivity contribution in [3.05, 3.63) is 0 Å². The Balaban J connectivity index is 1.87. The summed E-state index contributed by atoms with van der Waals surface area (Å²) in [5.41, 5.74) is 0. The Kier molecular flexibility index (Phi) is 2.79. The zero-order chi connectivity index (χ0) is 10.2. The third kappa shape index (κ3) is 2.25. The first-order chi connectivity index (χ1) is 6.57. The molecule has 0 aromatic carbocycles. The molecule has 2 rings (SSSR count). The molecule has 2 fully saturated rings. The molecule has 0 spiro atoms. The summed E-state index contributed by atoms with van der Waals surface area (Å²) in [6.45, 7) is 0.814. The molecule has 14 heavy (non-hydrogen) atoms. The van der Waals surface area contributed by atoms with E-state index in [4.69, 9.17) is 4.74 Å². The van der Waals surface area contributed by atoms with Crippen LogP contribution in [-0.2, 0) is 14.6 Å². The molecule has 0 aliphatic carbocycles. The summed E-state index contributed by atoms with van der Waals surface area (Å²) in [5, 5.41) is 12.6. The highest BCUT2D eigenvalue weighted by atomic mass is 32.2. The lowest BCUT2D eigenvalue weighted by Gasteiger charge is -2.18. The van der Waals surface area contributed by atoms with Crippen LogP contribution in [0.5, 0.6) is 0 Å². The van der Waals surface area contributed by atoms with Gasteiger partial charge < -0.3 is 15.2 Å². The number of nitrogens with one attached hydrogen (secondary N) is 1. The number of ether oxygens (including phenoxy) is 1. The molecule has 0 amide bonds. The van der Waals surface area contributed by atoms with Gasteiger partial charge in [0, 0.05) is 6.04 Å². The number of rotatable bonds is 2. The second-order valence-corrected chi connectivity index (χ2v) is 6.21. The maximum Gasteiger partial charge on any atom is 0.151 e. The van der Waals surface area contributed by atoms with Crippen LogP contribution in [0.15, 0.2) is 0 Å². The highest BCUT2D eigenvalue weighted by Crippen LogP contribution is 2.14. The van der Waals surface area contributed by atoms with Crippen molar-refractivity contribution >= 4 is 9.84 Å². The Labute approximate surface area is 83.4 Å². The van der Waals surface area contributed by atoms with Gasteiger partial charge in [0.25, 0.3) is 0 Å². The quantitative estimate of drug-likeness (QED) is 0.595. The van der Waals surface area contributed by atoms with Gasteiger partial charge >= 0.3 is 0 Å². The molecule has 82 valence electrons. The minimum atomic E-state index is -2.84. The lowest BCUT2D eigenvalue weighted by molar-refractivity contribution is 0.121. The van der Waals surface area contributed by atoms with E-state index in [2.05, 4.69) is 5.32 Å². The molecule has 5 nitrogen and oxygen atoms in total. The van der Waals surface area contributed by atoms with Gasteiger partial charge in [-0.15, -0.1) is 0 Å². The van der Waals surface area contributed by atoms with Crippen LogP contribution in [0.4, 0.5) is 0 Å². The summed E-state index contributed by atoms with van der Waals surface area (Å²) in [4.78, 5) is 0. The summed E-state index contributed by atoms with van der Waals surface area (Å²) in [7, 11) is -2.84. The van der Waals surface area contributed by atoms with Crippen molar-refractivity contribution in [2.45, 2.75) is 24.6 Å². The number of hydrogen-bond donors (Lipinski definition) is 2. The molecule has 1 unspecified atom stereocenters. The topological polar surface area (TPSA) is 75.6 Å². The summed E-state index contributed by atoms with van der Waals surface area (Å²) in [6, 6.07) is -0.116. The van der Waals surface area contributed by atoms with E-state index < -0.39 is 15.9 Å². The largest absolute Gasteiger partial charge is 0.389 e. The van der Waals surface area contributed by atoms with Gasteiger partial charge in [-0.05, 0) is 6.42 Å². The van der Waals surface area contributed by atoms with Crippen LogP contribution in [0.1, 0.15) is 6.42 Å². The Morgan fingerprint density at radius 1 is 1.36 bits per heavy atom. The molecular formula is C8H15NO4S. The summed E-state index contributed by atoms with van der Waals surface area (Å²) in [5.74, 6) is 0.449. The van der Waals surface area contributed by atoms with E-state index in [0.29, 0.717) is 19.6 Å². The van der Waals surface area contributed by atoms with E-state index in [9.17, 15) is 13.5 Å². The molecule has 0 bridgehead atoms. The fraction of sp³-hybridized carbons (Fsp3) is 1.00. The number of hydrogen-bond acceptors (Lipinski definition) is 5. The molecular weight excluding hydrogens is 206 g/mol. The summed E-state index contributed by atoms with van der Waals surface area (Å²) < 4.78 is 27.4. The molecule has 2 aliphatic heterocycles. The molecule has 2 N–H and O–H groups in total. The Hall–Kier alpha value is -0.170. The molecule has 0 saturated carbocycles. The Morgan fingerprint density at radius 3 is 2.64 bits per heavy atom. The van der Waals surface area contributed by atoms with Crippen LogP contribution in [0.3, 0.4) is 0 Å². The molecule has 2 saturated heterocycles. The highest BCUT2D eigenvalue weighted by Gasteiger charge is 2.33. The SMILES string of the molecule is O=S1(=O)CCC(N[C@@H]2COC[C@H]2O)C1. The first-order valence-electron chi connectivity index (χ1n) is 4.79. The van der Waals surface area contributed by atoms with Crippen molar-refractivity contribution in [1.29, 1.82) is 0 Å². The standard InChI is InChI=1S/C8H15NO4S/c10-8-4-13-3-7(8)9-6-1-2-14(11,12)5-6/h6-10H,1-5H2/t6?,7-,8-/m1/s1. The van der Waals surface area contributed by atoms with E-state index in [0.717, 1.165) is 0 Å². The van der Waals surface area contributed by atoms with Gasteiger partial charge in [0.05, 0.1) is 36.9 Å². The molecule has 0 aromatic rings. The van der Waals surface area contributed by atoms with Crippen molar-refractivity contribution in [2.24, 2.45) is 0 Å². The van der Waals surface area contributed by atoms with Crippen LogP contribution >= 0.6 is 0 Å². The van der Waals surface area contributed by atoms with Gasteiger partial charge in [0.2, 0.25) is 0 Å². The van der Waals surface area contributed by atoms with Gasteiger partial charge in [-0.3, -0.25) is 0 Å². The second kappa shape index (κ2) is 3.77. The van der Waals surface area contributed by atoms with Crippen molar-refractivity contribution in [3.8, 4) is 0 Å². The predicted molar refractivity (Wildman–Crippen MR) is 50.8 cm³/mol. The van der Waals surface area contributed by atoms with Gasteiger partial charge in [-0.1, -0.05) is 0 Å². The maximum atomic E-state index is 11.2. The normalized spacial score (nSPS) is 41.6. The average molecular weight is 221 g/mol. The van der Waals surface area contributed by atoms with Crippen molar-refractivity contribution < 1.29 is 18.3 Å². The van der Waals surface area contributed by atoms with Crippen molar-refractivity contribution in [3.63, 3.8) is 0 Å².